The molecule has 1 atom stereocenters. The molecule has 0 radical (unpaired) electrons. The van der Waals surface area contributed by atoms with Gasteiger partial charge in [0.2, 0.25) is 0 Å². The molecule has 1 aliphatic rings. The number of benzene rings is 3. The van der Waals surface area contributed by atoms with Crippen molar-refractivity contribution < 1.29 is 23.4 Å². The van der Waals surface area contributed by atoms with Crippen LogP contribution in [0, 0.1) is 0 Å². The highest BCUT2D eigenvalue weighted by molar-refractivity contribution is 5.81. The van der Waals surface area contributed by atoms with Gasteiger partial charge in [0, 0.05) is 49.5 Å². The van der Waals surface area contributed by atoms with Crippen LogP contribution in [-0.2, 0) is 18.4 Å². The Morgan fingerprint density at radius 3 is 2.26 bits per heavy atom. The van der Waals surface area contributed by atoms with Crippen LogP contribution < -0.4 is 0 Å². The number of phenolic OH excluding ortho intramolecular Hbond substituents is 1. The fourth-order valence-electron chi connectivity index (χ4n) is 6.13. The first-order valence-corrected chi connectivity index (χ1v) is 14.5. The van der Waals surface area contributed by atoms with E-state index in [1.165, 1.54) is 11.6 Å². The number of halogens is 3. The fourth-order valence-corrected chi connectivity index (χ4v) is 6.13. The zero-order valence-electron chi connectivity index (χ0n) is 24.5. The molecule has 3 aromatic carbocycles. The van der Waals surface area contributed by atoms with Crippen LogP contribution in [0.25, 0.3) is 22.0 Å². The Morgan fingerprint density at radius 2 is 1.57 bits per heavy atom. The third-order valence-corrected chi connectivity index (χ3v) is 8.65. The SMILES string of the molecule is CN1CCN(Cc2ccc3[nH]c(CCC(O)(CC(C)(C)c4cc(-c5ccccc5)ccc4O)C(F)(F)F)cc3c2)CC1. The van der Waals surface area contributed by atoms with E-state index >= 15 is 0 Å². The number of rotatable bonds is 9. The van der Waals surface area contributed by atoms with Crippen molar-refractivity contribution in [2.45, 2.75) is 56.8 Å². The number of aromatic amines is 1. The summed E-state index contributed by atoms with van der Waals surface area (Å²) in [6.45, 7) is 8.20. The van der Waals surface area contributed by atoms with Gasteiger partial charge in [-0.15, -0.1) is 0 Å². The summed E-state index contributed by atoms with van der Waals surface area (Å²) in [6, 6.07) is 22.5. The number of fused-ring (bicyclic) bond motifs is 1. The molecule has 5 rings (SSSR count). The van der Waals surface area contributed by atoms with Crippen LogP contribution in [0.3, 0.4) is 0 Å². The fraction of sp³-hybridized carbons (Fsp3) is 0.412. The zero-order valence-corrected chi connectivity index (χ0v) is 24.5. The van der Waals surface area contributed by atoms with Gasteiger partial charge in [-0.05, 0) is 84.1 Å². The molecule has 42 heavy (non-hydrogen) atoms. The minimum atomic E-state index is -4.85. The summed E-state index contributed by atoms with van der Waals surface area (Å²) < 4.78 is 43.4. The highest BCUT2D eigenvalue weighted by Crippen LogP contribution is 2.46. The number of aryl methyl sites for hydroxylation is 1. The van der Waals surface area contributed by atoms with Crippen molar-refractivity contribution in [1.29, 1.82) is 0 Å². The molecule has 0 amide bonds. The van der Waals surface area contributed by atoms with Gasteiger partial charge in [0.15, 0.2) is 5.60 Å². The van der Waals surface area contributed by atoms with E-state index in [0.29, 0.717) is 11.3 Å². The average molecular weight is 580 g/mol. The molecule has 1 saturated heterocycles. The summed E-state index contributed by atoms with van der Waals surface area (Å²) in [7, 11) is 2.12. The minimum absolute atomic E-state index is 0.0323. The molecular formula is C34H40F3N3O2. The first kappa shape index (κ1) is 30.1. The molecule has 8 heteroatoms. The van der Waals surface area contributed by atoms with Crippen molar-refractivity contribution in [2.75, 3.05) is 33.2 Å². The van der Waals surface area contributed by atoms with E-state index in [0.717, 1.165) is 54.8 Å². The zero-order chi connectivity index (χ0) is 30.1. The largest absolute Gasteiger partial charge is 0.508 e. The van der Waals surface area contributed by atoms with Gasteiger partial charge in [0.25, 0.3) is 0 Å². The number of nitrogens with zero attached hydrogens (tertiary/aromatic N) is 2. The van der Waals surface area contributed by atoms with Crippen LogP contribution in [0.2, 0.25) is 0 Å². The van der Waals surface area contributed by atoms with E-state index < -0.39 is 30.0 Å². The number of aromatic hydroxyl groups is 1. The summed E-state index contributed by atoms with van der Waals surface area (Å²) in [5.74, 6) is -0.0906. The van der Waals surface area contributed by atoms with E-state index in [2.05, 4.69) is 34.0 Å². The number of likely N-dealkylation sites (N-methyl/N-ethyl adjacent to an activating group) is 1. The minimum Gasteiger partial charge on any atom is -0.508 e. The predicted octanol–water partition coefficient (Wildman–Crippen LogP) is 6.88. The van der Waals surface area contributed by atoms with Crippen LogP contribution in [0.15, 0.2) is 72.8 Å². The van der Waals surface area contributed by atoms with Gasteiger partial charge in [0.1, 0.15) is 5.75 Å². The molecule has 3 N–H and O–H groups in total. The van der Waals surface area contributed by atoms with Crippen LogP contribution in [-0.4, -0.2) is 70.0 Å². The van der Waals surface area contributed by atoms with Crippen molar-refractivity contribution in [1.82, 2.24) is 14.8 Å². The summed E-state index contributed by atoms with van der Waals surface area (Å²) in [6.07, 6.45) is -5.91. The first-order valence-electron chi connectivity index (χ1n) is 14.5. The lowest BCUT2D eigenvalue weighted by Gasteiger charge is -2.38. The number of aliphatic hydroxyl groups is 1. The number of hydrogen-bond acceptors (Lipinski definition) is 4. The second kappa shape index (κ2) is 11.7. The Hall–Kier alpha value is -3.33. The summed E-state index contributed by atoms with van der Waals surface area (Å²) in [4.78, 5) is 7.97. The Bertz CT molecular complexity index is 1510. The number of aromatic nitrogens is 1. The van der Waals surface area contributed by atoms with Crippen LogP contribution >= 0.6 is 0 Å². The number of piperazine rings is 1. The number of hydrogen-bond donors (Lipinski definition) is 3. The summed E-state index contributed by atoms with van der Waals surface area (Å²) >= 11 is 0. The second-order valence-corrected chi connectivity index (χ2v) is 12.5. The van der Waals surface area contributed by atoms with Crippen molar-refractivity contribution in [3.8, 4) is 16.9 Å². The van der Waals surface area contributed by atoms with Gasteiger partial charge in [-0.3, -0.25) is 4.90 Å². The number of phenols is 1. The Kier molecular flexibility index (Phi) is 8.43. The van der Waals surface area contributed by atoms with Gasteiger partial charge >= 0.3 is 6.18 Å². The lowest BCUT2D eigenvalue weighted by molar-refractivity contribution is -0.269. The molecule has 1 unspecified atom stereocenters. The Morgan fingerprint density at radius 1 is 0.857 bits per heavy atom. The molecule has 1 aromatic heterocycles. The van der Waals surface area contributed by atoms with Gasteiger partial charge in [-0.2, -0.15) is 13.2 Å². The van der Waals surface area contributed by atoms with E-state index in [9.17, 15) is 23.4 Å². The summed E-state index contributed by atoms with van der Waals surface area (Å²) in [5.41, 5.74) is 0.617. The molecule has 1 aliphatic heterocycles. The van der Waals surface area contributed by atoms with Gasteiger partial charge in [-0.25, -0.2) is 0 Å². The summed E-state index contributed by atoms with van der Waals surface area (Å²) in [5, 5.41) is 22.8. The maximum atomic E-state index is 14.5. The molecule has 0 spiro atoms. The van der Waals surface area contributed by atoms with Gasteiger partial charge in [-0.1, -0.05) is 56.3 Å². The van der Waals surface area contributed by atoms with Crippen LogP contribution in [0.5, 0.6) is 5.75 Å². The number of nitrogens with one attached hydrogen (secondary N) is 1. The lowest BCUT2D eigenvalue weighted by Crippen LogP contribution is -2.49. The van der Waals surface area contributed by atoms with Crippen LogP contribution in [0.1, 0.15) is 43.5 Å². The van der Waals surface area contributed by atoms with Crippen LogP contribution in [0.4, 0.5) is 13.2 Å². The smallest absolute Gasteiger partial charge is 0.417 e. The Labute approximate surface area is 245 Å². The topological polar surface area (TPSA) is 62.7 Å². The molecule has 0 saturated carbocycles. The van der Waals surface area contributed by atoms with Crippen molar-refractivity contribution in [3.05, 3.63) is 89.6 Å². The molecule has 224 valence electrons. The maximum absolute atomic E-state index is 14.5. The quantitative estimate of drug-likeness (QED) is 0.202. The Balaban J connectivity index is 1.33. The molecule has 4 aromatic rings. The van der Waals surface area contributed by atoms with E-state index in [-0.39, 0.29) is 12.2 Å². The highest BCUT2D eigenvalue weighted by atomic mass is 19.4. The molecule has 2 heterocycles. The second-order valence-electron chi connectivity index (χ2n) is 12.5. The molecule has 1 fully saturated rings. The van der Waals surface area contributed by atoms with Gasteiger partial charge < -0.3 is 20.1 Å². The normalized spacial score (nSPS) is 17.0. The number of H-pyrrole nitrogens is 1. The highest BCUT2D eigenvalue weighted by Gasteiger charge is 2.55. The first-order chi connectivity index (χ1) is 19.8. The lowest BCUT2D eigenvalue weighted by atomic mass is 9.72. The van der Waals surface area contributed by atoms with Crippen molar-refractivity contribution >= 4 is 10.9 Å². The average Bonchev–Trinajstić information content (AvgIpc) is 3.35. The van der Waals surface area contributed by atoms with E-state index in [1.54, 1.807) is 26.0 Å². The van der Waals surface area contributed by atoms with E-state index in [4.69, 9.17) is 0 Å². The third kappa shape index (κ3) is 6.66. The standard InChI is InChI=1S/C34H40F3N3O2/c1-32(2,29-21-26(10-12-31(29)41)25-7-5-4-6-8-25)23-33(42,34(35,36)37)14-13-28-20-27-19-24(9-11-30(27)38-28)22-40-17-15-39(3)16-18-40/h4-12,19-21,38,41-42H,13-18,22-23H2,1-3H3. The molecule has 0 bridgehead atoms. The molecule has 5 nitrogen and oxygen atoms in total. The maximum Gasteiger partial charge on any atom is 0.417 e. The van der Waals surface area contributed by atoms with E-state index in [1.807, 2.05) is 42.5 Å². The predicted molar refractivity (Wildman–Crippen MR) is 162 cm³/mol. The van der Waals surface area contributed by atoms with Gasteiger partial charge in [0.05, 0.1) is 0 Å². The third-order valence-electron chi connectivity index (χ3n) is 8.65. The number of alkyl halides is 3. The molecule has 0 aliphatic carbocycles. The van der Waals surface area contributed by atoms with Crippen molar-refractivity contribution in [3.63, 3.8) is 0 Å². The molecular weight excluding hydrogens is 539 g/mol. The monoisotopic (exact) mass is 579 g/mol. The van der Waals surface area contributed by atoms with Crippen molar-refractivity contribution in [2.24, 2.45) is 0 Å².